The molecule has 0 saturated carbocycles. The maximum Gasteiger partial charge on any atom is 0.470 e. The van der Waals surface area contributed by atoms with Crippen molar-refractivity contribution in [3.05, 3.63) is 52.3 Å². The first-order valence-corrected chi connectivity index (χ1v) is 8.72. The van der Waals surface area contributed by atoms with E-state index in [1.165, 1.54) is 0 Å². The number of carbonyl (C=O) groups excluding carboxylic acids is 1. The predicted octanol–water partition coefficient (Wildman–Crippen LogP) is 4.00. The van der Waals surface area contributed by atoms with Crippen molar-refractivity contribution in [1.29, 1.82) is 0 Å². The van der Waals surface area contributed by atoms with E-state index < -0.39 is 24.1 Å². The number of esters is 1. The number of ether oxygens (including phenoxy) is 2. The molecule has 1 aliphatic heterocycles. The van der Waals surface area contributed by atoms with Gasteiger partial charge in [0.2, 0.25) is 0 Å². The molecule has 1 aliphatic carbocycles. The lowest BCUT2D eigenvalue weighted by Crippen LogP contribution is -2.20. The molecule has 2 atom stereocenters. The van der Waals surface area contributed by atoms with Crippen molar-refractivity contribution in [2.75, 3.05) is 0 Å². The molecule has 1 aromatic heterocycles. The Labute approximate surface area is 158 Å². The van der Waals surface area contributed by atoms with E-state index in [1.54, 1.807) is 0 Å². The molecule has 0 bridgehead atoms. The van der Waals surface area contributed by atoms with Crippen LogP contribution in [0.25, 0.3) is 0 Å². The Hall–Kier alpha value is -2.84. The average molecular weight is 394 g/mol. The zero-order chi connectivity index (χ0) is 20.2. The monoisotopic (exact) mass is 394 g/mol. The van der Waals surface area contributed by atoms with Gasteiger partial charge in [0.25, 0.3) is 5.89 Å². The Balaban J connectivity index is 1.62. The van der Waals surface area contributed by atoms with Crippen LogP contribution in [0, 0.1) is 19.8 Å². The van der Waals surface area contributed by atoms with E-state index in [2.05, 4.69) is 21.2 Å². The smallest absolute Gasteiger partial charge is 0.470 e. The van der Waals surface area contributed by atoms with Crippen LogP contribution in [0.3, 0.4) is 0 Å². The van der Waals surface area contributed by atoms with E-state index in [0.29, 0.717) is 11.3 Å². The van der Waals surface area contributed by atoms with E-state index in [1.807, 2.05) is 19.9 Å². The summed E-state index contributed by atoms with van der Waals surface area (Å²) >= 11 is 0. The predicted molar refractivity (Wildman–Crippen MR) is 89.3 cm³/mol. The van der Waals surface area contributed by atoms with Gasteiger partial charge in [-0.05, 0) is 49.4 Å². The summed E-state index contributed by atoms with van der Waals surface area (Å²) in [6.07, 6.45) is -3.54. The fraction of sp³-hybridized carbons (Fsp3) is 0.421. The van der Waals surface area contributed by atoms with Gasteiger partial charge in [0.15, 0.2) is 6.61 Å². The number of hydrogen-bond acceptors (Lipinski definition) is 6. The van der Waals surface area contributed by atoms with Crippen molar-refractivity contribution in [3.8, 4) is 5.75 Å². The van der Waals surface area contributed by atoms with Crippen molar-refractivity contribution in [2.24, 2.45) is 5.92 Å². The molecule has 1 saturated heterocycles. The topological polar surface area (TPSA) is 74.5 Å². The minimum Gasteiger partial charge on any atom is -0.484 e. The summed E-state index contributed by atoms with van der Waals surface area (Å²) in [6.45, 7) is 7.29. The number of benzene rings is 1. The van der Waals surface area contributed by atoms with E-state index in [9.17, 15) is 18.0 Å². The second-order valence-electron chi connectivity index (χ2n) is 6.99. The molecule has 148 valence electrons. The molecule has 6 nitrogen and oxygen atoms in total. The molecular formula is C19H17F3N2O4. The number of carbonyl (C=O) groups is 1. The molecule has 1 aromatic carbocycles. The quantitative estimate of drug-likeness (QED) is 0.579. The Kier molecular flexibility index (Phi) is 4.20. The largest absolute Gasteiger partial charge is 0.484 e. The molecule has 2 aliphatic rings. The molecule has 2 aromatic rings. The number of nitrogens with zero attached hydrogens (tertiary/aromatic N) is 2. The number of alkyl halides is 3. The van der Waals surface area contributed by atoms with Gasteiger partial charge in [-0.1, -0.05) is 6.58 Å². The van der Waals surface area contributed by atoms with Crippen LogP contribution in [-0.4, -0.2) is 16.2 Å². The first kappa shape index (κ1) is 18.5. The molecule has 0 N–H and O–H groups in total. The normalized spacial score (nSPS) is 21.3. The third-order valence-corrected chi connectivity index (χ3v) is 5.28. The van der Waals surface area contributed by atoms with Gasteiger partial charge in [-0.3, -0.25) is 0 Å². The van der Waals surface area contributed by atoms with Crippen LogP contribution in [0.15, 0.2) is 22.6 Å². The van der Waals surface area contributed by atoms with E-state index in [-0.39, 0.29) is 18.4 Å². The molecule has 0 radical (unpaired) electrons. The molecule has 2 heterocycles. The van der Waals surface area contributed by atoms with Crippen LogP contribution in [-0.2, 0) is 28.7 Å². The number of fused-ring (bicyclic) bond motifs is 3. The third-order valence-electron chi connectivity index (χ3n) is 5.28. The summed E-state index contributed by atoms with van der Waals surface area (Å²) in [5, 5.41) is 6.35. The lowest BCUT2D eigenvalue weighted by atomic mass is 9.76. The van der Waals surface area contributed by atoms with Crippen LogP contribution in [0.1, 0.15) is 46.6 Å². The molecule has 9 heteroatoms. The van der Waals surface area contributed by atoms with Crippen LogP contribution in [0.4, 0.5) is 13.2 Å². The number of aromatic nitrogens is 2. The minimum absolute atomic E-state index is 0.0707. The zero-order valence-electron chi connectivity index (χ0n) is 15.2. The molecule has 0 unspecified atom stereocenters. The SMILES string of the molecule is C=C1C(=O)O[C@H]2c3c(C)c(OCc4nnc(C(F)(F)F)o4)cc(C)c3CC[C@@H]12. The Bertz CT molecular complexity index is 980. The van der Waals surface area contributed by atoms with Gasteiger partial charge in [0, 0.05) is 17.1 Å². The minimum atomic E-state index is -4.70. The van der Waals surface area contributed by atoms with Gasteiger partial charge in [-0.2, -0.15) is 13.2 Å². The standard InChI is InChI=1S/C19H17F3N2O4/c1-8-6-13(26-7-14-23-24-18(27-14)19(20,21)22)10(3)15-11(8)4-5-12-9(2)17(25)28-16(12)15/h6,12,16H,2,4-5,7H2,1,3H3/t12-,16+/m0/s1. The first-order chi connectivity index (χ1) is 13.2. The van der Waals surface area contributed by atoms with Gasteiger partial charge in [-0.15, -0.1) is 10.2 Å². The molecule has 1 fully saturated rings. The maximum atomic E-state index is 12.6. The highest BCUT2D eigenvalue weighted by atomic mass is 19.4. The lowest BCUT2D eigenvalue weighted by Gasteiger charge is -2.30. The van der Waals surface area contributed by atoms with Crippen molar-refractivity contribution >= 4 is 5.97 Å². The van der Waals surface area contributed by atoms with E-state index >= 15 is 0 Å². The second kappa shape index (κ2) is 6.35. The summed E-state index contributed by atoms with van der Waals surface area (Å²) in [5.74, 6) is -1.68. The van der Waals surface area contributed by atoms with Gasteiger partial charge < -0.3 is 13.9 Å². The highest BCUT2D eigenvalue weighted by Gasteiger charge is 2.44. The highest BCUT2D eigenvalue weighted by molar-refractivity contribution is 5.91. The number of rotatable bonds is 3. The van der Waals surface area contributed by atoms with Crippen LogP contribution in [0.5, 0.6) is 5.75 Å². The number of aryl methyl sites for hydroxylation is 1. The maximum absolute atomic E-state index is 12.6. The molecular weight excluding hydrogens is 377 g/mol. The zero-order valence-corrected chi connectivity index (χ0v) is 15.2. The Morgan fingerprint density at radius 3 is 2.75 bits per heavy atom. The Morgan fingerprint density at radius 2 is 2.07 bits per heavy atom. The van der Waals surface area contributed by atoms with Crippen LogP contribution in [0.2, 0.25) is 0 Å². The van der Waals surface area contributed by atoms with E-state index in [0.717, 1.165) is 35.1 Å². The summed E-state index contributed by atoms with van der Waals surface area (Å²) in [5.41, 5.74) is 4.20. The molecule has 4 rings (SSSR count). The third kappa shape index (κ3) is 2.94. The first-order valence-electron chi connectivity index (χ1n) is 8.72. The Morgan fingerprint density at radius 1 is 1.32 bits per heavy atom. The molecule has 28 heavy (non-hydrogen) atoms. The fourth-order valence-electron chi connectivity index (χ4n) is 3.89. The van der Waals surface area contributed by atoms with Crippen molar-refractivity contribution in [2.45, 2.75) is 45.6 Å². The second-order valence-corrected chi connectivity index (χ2v) is 6.99. The summed E-state index contributed by atoms with van der Waals surface area (Å²) in [6, 6.07) is 1.82. The lowest BCUT2D eigenvalue weighted by molar-refractivity contribution is -0.157. The van der Waals surface area contributed by atoms with E-state index in [4.69, 9.17) is 9.47 Å². The van der Waals surface area contributed by atoms with Gasteiger partial charge in [0.1, 0.15) is 11.9 Å². The number of halogens is 3. The molecule has 0 spiro atoms. The van der Waals surface area contributed by atoms with Gasteiger partial charge >= 0.3 is 18.0 Å². The summed E-state index contributed by atoms with van der Waals surface area (Å²) in [7, 11) is 0. The van der Waals surface area contributed by atoms with Gasteiger partial charge in [0.05, 0.1) is 0 Å². The average Bonchev–Trinajstić information content (AvgIpc) is 3.22. The van der Waals surface area contributed by atoms with Crippen LogP contribution >= 0.6 is 0 Å². The fourth-order valence-corrected chi connectivity index (χ4v) is 3.89. The van der Waals surface area contributed by atoms with Crippen LogP contribution < -0.4 is 4.74 Å². The van der Waals surface area contributed by atoms with Crippen molar-refractivity contribution < 1.29 is 31.9 Å². The summed E-state index contributed by atoms with van der Waals surface area (Å²) < 4.78 is 53.5. The number of hydrogen-bond donors (Lipinski definition) is 0. The van der Waals surface area contributed by atoms with Crippen molar-refractivity contribution in [3.63, 3.8) is 0 Å². The summed E-state index contributed by atoms with van der Waals surface area (Å²) in [4.78, 5) is 12.0. The molecule has 0 amide bonds. The van der Waals surface area contributed by atoms with Gasteiger partial charge in [-0.25, -0.2) is 4.79 Å². The highest BCUT2D eigenvalue weighted by Crippen LogP contribution is 2.49. The van der Waals surface area contributed by atoms with Crippen molar-refractivity contribution in [1.82, 2.24) is 10.2 Å².